The number of hydrogen-bond donors (Lipinski definition) is 1. The zero-order valence-corrected chi connectivity index (χ0v) is 37.7. The molecule has 0 amide bonds. The van der Waals surface area contributed by atoms with Gasteiger partial charge in [0.2, 0.25) is 0 Å². The Balaban J connectivity index is 1.04. The molecule has 0 radical (unpaired) electrons. The Kier molecular flexibility index (Phi) is 6.96. The predicted molar refractivity (Wildman–Crippen MR) is 287 cm³/mol. The van der Waals surface area contributed by atoms with E-state index in [-0.39, 0.29) is 0 Å². The van der Waals surface area contributed by atoms with E-state index in [9.17, 15) is 0 Å². The number of nitrogens with zero attached hydrogens (tertiary/aromatic N) is 3. The van der Waals surface area contributed by atoms with Crippen LogP contribution in [-0.2, 0) is 0 Å². The summed E-state index contributed by atoms with van der Waals surface area (Å²) in [4.78, 5) is 3.95. The third kappa shape index (κ3) is 4.59. The zero-order valence-electron chi connectivity index (χ0n) is 35.5. The standard InChI is InChI=1S/C60H33IN4O2/c61-65-45-24-12-8-20-38(45)50-52-41-22-10-14-26-48(41)67-60(52)54-39-29-27-34(32-46(39)64(57(54)58(50)65)36-17-5-2-6-18-36)33-28-30-43-42(31-33)53-55(62-43)56-49(51-40-21-9-13-25-47(40)66-59(51)53)37-19-7-11-23-44(37)63(56)35-15-3-1-4-16-35/h1-32,62H. The minimum Gasteiger partial charge on any atom is -0.455 e. The number of benzene rings is 10. The number of hydrogen-bond acceptors (Lipinski definition) is 2. The van der Waals surface area contributed by atoms with Crippen molar-refractivity contribution in [1.29, 1.82) is 0 Å². The van der Waals surface area contributed by atoms with Gasteiger partial charge >= 0.3 is 0 Å². The fourth-order valence-corrected chi connectivity index (χ4v) is 12.6. The van der Waals surface area contributed by atoms with E-state index in [4.69, 9.17) is 8.83 Å². The number of fused-ring (bicyclic) bond motifs is 24. The highest BCUT2D eigenvalue weighted by atomic mass is 127. The van der Waals surface area contributed by atoms with Gasteiger partial charge in [-0.25, -0.2) is 0 Å². The van der Waals surface area contributed by atoms with Gasteiger partial charge in [0, 0.05) is 70.8 Å². The van der Waals surface area contributed by atoms with Crippen molar-refractivity contribution >= 4 is 154 Å². The zero-order chi connectivity index (χ0) is 43.6. The maximum absolute atomic E-state index is 6.99. The minimum absolute atomic E-state index is 0.880. The lowest BCUT2D eigenvalue weighted by Crippen LogP contribution is -1.95. The van der Waals surface area contributed by atoms with Gasteiger partial charge in [-0.1, -0.05) is 127 Å². The van der Waals surface area contributed by atoms with Gasteiger partial charge < -0.3 is 23.0 Å². The maximum atomic E-state index is 6.99. The highest BCUT2D eigenvalue weighted by Gasteiger charge is 2.29. The van der Waals surface area contributed by atoms with Crippen LogP contribution < -0.4 is 0 Å². The van der Waals surface area contributed by atoms with Crippen LogP contribution >= 0.6 is 22.9 Å². The van der Waals surface area contributed by atoms with Crippen LogP contribution in [0.25, 0.3) is 154 Å². The Morgan fingerprint density at radius 1 is 0.358 bits per heavy atom. The fourth-order valence-electron chi connectivity index (χ4n) is 11.7. The lowest BCUT2D eigenvalue weighted by molar-refractivity contribution is 0.672. The van der Waals surface area contributed by atoms with Crippen LogP contribution in [0.4, 0.5) is 0 Å². The number of aromatic nitrogens is 4. The van der Waals surface area contributed by atoms with E-state index in [0.29, 0.717) is 0 Å². The number of para-hydroxylation sites is 6. The van der Waals surface area contributed by atoms with Crippen molar-refractivity contribution in [2.45, 2.75) is 0 Å². The summed E-state index contributed by atoms with van der Waals surface area (Å²) in [5.74, 6) is 0. The van der Waals surface area contributed by atoms with Crippen molar-refractivity contribution < 1.29 is 8.83 Å². The van der Waals surface area contributed by atoms with Gasteiger partial charge in [0.05, 0.1) is 72.3 Å². The molecule has 0 unspecified atom stereocenters. The van der Waals surface area contributed by atoms with Crippen LogP contribution in [-0.4, -0.2) is 16.9 Å². The molecule has 16 aromatic rings. The van der Waals surface area contributed by atoms with Crippen LogP contribution in [0.15, 0.2) is 203 Å². The number of H-pyrrole nitrogens is 1. The van der Waals surface area contributed by atoms with Crippen molar-refractivity contribution in [1.82, 2.24) is 16.9 Å². The molecule has 0 saturated carbocycles. The summed E-state index contributed by atoms with van der Waals surface area (Å²) in [6.07, 6.45) is 0. The first-order valence-electron chi connectivity index (χ1n) is 22.6. The fraction of sp³-hybridized carbons (Fsp3) is 0. The molecule has 0 atom stereocenters. The summed E-state index contributed by atoms with van der Waals surface area (Å²) >= 11 is 2.51. The monoisotopic (exact) mass is 968 g/mol. The molecular formula is C60H33IN4O2. The van der Waals surface area contributed by atoms with E-state index in [0.717, 1.165) is 121 Å². The maximum Gasteiger partial charge on any atom is 0.146 e. The van der Waals surface area contributed by atoms with Gasteiger partial charge in [-0.3, -0.25) is 2.78 Å². The van der Waals surface area contributed by atoms with E-state index in [1.54, 1.807) is 0 Å². The molecule has 7 heteroatoms. The van der Waals surface area contributed by atoms with Crippen LogP contribution in [0.2, 0.25) is 0 Å². The minimum atomic E-state index is 0.880. The molecule has 0 bridgehead atoms. The van der Waals surface area contributed by atoms with Crippen molar-refractivity contribution in [3.63, 3.8) is 0 Å². The quantitative estimate of drug-likeness (QED) is 0.179. The first-order chi connectivity index (χ1) is 33.2. The van der Waals surface area contributed by atoms with Crippen LogP contribution in [0.5, 0.6) is 0 Å². The largest absolute Gasteiger partial charge is 0.455 e. The first kappa shape index (κ1) is 36.0. The van der Waals surface area contributed by atoms with Crippen molar-refractivity contribution in [2.24, 2.45) is 0 Å². The lowest BCUT2D eigenvalue weighted by atomic mass is 9.98. The van der Waals surface area contributed by atoms with Gasteiger partial charge in [-0.15, -0.1) is 0 Å². The highest BCUT2D eigenvalue weighted by molar-refractivity contribution is 14.1. The molecule has 10 aromatic carbocycles. The van der Waals surface area contributed by atoms with E-state index < -0.39 is 0 Å². The van der Waals surface area contributed by atoms with Gasteiger partial charge in [0.1, 0.15) is 22.3 Å². The Morgan fingerprint density at radius 3 is 1.55 bits per heavy atom. The smallest absolute Gasteiger partial charge is 0.146 e. The number of halogens is 1. The lowest BCUT2D eigenvalue weighted by Gasteiger charge is -2.11. The Morgan fingerprint density at radius 2 is 0.866 bits per heavy atom. The molecule has 1 N–H and O–H groups in total. The summed E-state index contributed by atoms with van der Waals surface area (Å²) in [5, 5.41) is 13.8. The molecule has 0 aliphatic heterocycles. The molecule has 6 nitrogen and oxygen atoms in total. The average molecular weight is 969 g/mol. The number of nitrogens with one attached hydrogen (secondary N) is 1. The van der Waals surface area contributed by atoms with Gasteiger partial charge in [-0.2, -0.15) is 0 Å². The van der Waals surface area contributed by atoms with E-state index in [1.807, 2.05) is 0 Å². The van der Waals surface area contributed by atoms with Crippen molar-refractivity contribution in [3.05, 3.63) is 194 Å². The first-order valence-corrected chi connectivity index (χ1v) is 23.6. The molecule has 0 spiro atoms. The van der Waals surface area contributed by atoms with Crippen LogP contribution in [0.1, 0.15) is 0 Å². The van der Waals surface area contributed by atoms with E-state index >= 15 is 0 Å². The normalized spacial score (nSPS) is 12.6. The molecule has 67 heavy (non-hydrogen) atoms. The van der Waals surface area contributed by atoms with Gasteiger partial charge in [0.25, 0.3) is 0 Å². The molecule has 16 rings (SSSR count). The van der Waals surface area contributed by atoms with Crippen LogP contribution in [0, 0.1) is 0 Å². The molecule has 0 aliphatic carbocycles. The second-order valence-electron chi connectivity index (χ2n) is 17.8. The van der Waals surface area contributed by atoms with Crippen molar-refractivity contribution in [2.75, 3.05) is 0 Å². The topological polar surface area (TPSA) is 56.9 Å². The van der Waals surface area contributed by atoms with Gasteiger partial charge in [0.15, 0.2) is 0 Å². The Hall–Kier alpha value is -8.27. The number of furan rings is 2. The SMILES string of the molecule is In1c2ccccc2c2c3c4ccccc4oc3c3c4ccc(-c5ccc6[nH]c7c(c6c5)c5oc6ccccc6c5c5c6ccccc6n(-c6ccccc6)c75)cc4n(-c4ccccc4)c3c21. The third-order valence-corrected chi connectivity index (χ3v) is 15.4. The van der Waals surface area contributed by atoms with Crippen molar-refractivity contribution in [3.8, 4) is 22.5 Å². The summed E-state index contributed by atoms with van der Waals surface area (Å²) in [6.45, 7) is 0. The van der Waals surface area contributed by atoms with E-state index in [1.165, 1.54) is 32.6 Å². The molecule has 312 valence electrons. The van der Waals surface area contributed by atoms with Crippen LogP contribution in [0.3, 0.4) is 0 Å². The molecular weight excluding hydrogens is 936 g/mol. The highest BCUT2D eigenvalue weighted by Crippen LogP contribution is 2.51. The molecule has 0 fully saturated rings. The van der Waals surface area contributed by atoms with E-state index in [2.05, 4.69) is 234 Å². The Bertz CT molecular complexity index is 4810. The molecule has 6 heterocycles. The molecule has 6 aromatic heterocycles. The van der Waals surface area contributed by atoms with Gasteiger partial charge in [-0.05, 0) is 77.9 Å². The summed E-state index contributed by atoms with van der Waals surface area (Å²) in [5.41, 5.74) is 17.0. The Labute approximate surface area is 393 Å². The second-order valence-corrected chi connectivity index (χ2v) is 18.8. The predicted octanol–water partition coefficient (Wildman–Crippen LogP) is 17.3. The number of aromatic amines is 1. The average Bonchev–Trinajstić information content (AvgIpc) is 4.23. The third-order valence-electron chi connectivity index (χ3n) is 14.4. The summed E-state index contributed by atoms with van der Waals surface area (Å²) < 4.78 is 21.2. The molecule has 0 saturated heterocycles. The molecule has 0 aliphatic rings. The summed E-state index contributed by atoms with van der Waals surface area (Å²) in [6, 6.07) is 69.8. The summed E-state index contributed by atoms with van der Waals surface area (Å²) in [7, 11) is 0. The second kappa shape index (κ2) is 13.0. The number of rotatable bonds is 3.